The lowest BCUT2D eigenvalue weighted by Gasteiger charge is -2.05. The minimum Gasteiger partial charge on any atom is -0.480 e. The quantitative estimate of drug-likeness (QED) is 0.670. The highest BCUT2D eigenvalue weighted by Crippen LogP contribution is 2.15. The van der Waals surface area contributed by atoms with Crippen LogP contribution in [-0.4, -0.2) is 30.4 Å². The summed E-state index contributed by atoms with van der Waals surface area (Å²) in [6.07, 6.45) is 0.725. The van der Waals surface area contributed by atoms with Crippen molar-refractivity contribution in [2.45, 2.75) is 13.3 Å². The summed E-state index contributed by atoms with van der Waals surface area (Å²) in [5, 5.41) is 7.44. The van der Waals surface area contributed by atoms with E-state index in [2.05, 4.69) is 14.9 Å². The molecule has 1 aromatic heterocycles. The highest BCUT2D eigenvalue weighted by atomic mass is 16.5. The molecule has 0 amide bonds. The summed E-state index contributed by atoms with van der Waals surface area (Å²) in [6, 6.07) is 1.62. The van der Waals surface area contributed by atoms with Crippen molar-refractivity contribution >= 4 is 5.97 Å². The Morgan fingerprint density at radius 2 is 2.14 bits per heavy atom. The van der Waals surface area contributed by atoms with Gasteiger partial charge < -0.3 is 9.47 Å². The molecule has 5 heteroatoms. The molecule has 0 unspecified atom stereocenters. The maximum absolute atomic E-state index is 11.1. The van der Waals surface area contributed by atoms with E-state index in [1.54, 1.807) is 6.07 Å². The Morgan fingerprint density at radius 3 is 2.64 bits per heavy atom. The van der Waals surface area contributed by atoms with E-state index in [4.69, 9.17) is 4.74 Å². The van der Waals surface area contributed by atoms with Gasteiger partial charge in [0.05, 0.1) is 14.2 Å². The van der Waals surface area contributed by atoms with E-state index in [0.29, 0.717) is 5.88 Å². The van der Waals surface area contributed by atoms with Gasteiger partial charge in [-0.25, -0.2) is 4.79 Å². The summed E-state index contributed by atoms with van der Waals surface area (Å²) in [5.74, 6) is -0.0463. The number of hydrogen-bond donors (Lipinski definition) is 0. The van der Waals surface area contributed by atoms with E-state index < -0.39 is 5.97 Å². The van der Waals surface area contributed by atoms with Gasteiger partial charge in [-0.15, -0.1) is 10.2 Å². The monoisotopic (exact) mass is 196 g/mol. The fourth-order valence-corrected chi connectivity index (χ4v) is 1.05. The van der Waals surface area contributed by atoms with Crippen molar-refractivity contribution in [3.8, 4) is 5.88 Å². The van der Waals surface area contributed by atoms with Crippen molar-refractivity contribution < 1.29 is 14.3 Å². The maximum atomic E-state index is 11.1. The van der Waals surface area contributed by atoms with Crippen molar-refractivity contribution in [2.24, 2.45) is 0 Å². The zero-order chi connectivity index (χ0) is 10.6. The molecule has 0 fully saturated rings. The van der Waals surface area contributed by atoms with Crippen molar-refractivity contribution in [1.82, 2.24) is 10.2 Å². The Labute approximate surface area is 82.1 Å². The van der Waals surface area contributed by atoms with Crippen molar-refractivity contribution in [3.63, 3.8) is 0 Å². The lowest BCUT2D eigenvalue weighted by Crippen LogP contribution is -2.08. The van der Waals surface area contributed by atoms with Gasteiger partial charge in [0.2, 0.25) is 5.88 Å². The number of nitrogens with zero attached hydrogens (tertiary/aromatic N) is 2. The summed E-state index contributed by atoms with van der Waals surface area (Å²) in [5.41, 5.74) is 1.04. The third kappa shape index (κ3) is 1.99. The number of aromatic nitrogens is 2. The molecule has 1 heterocycles. The number of esters is 1. The van der Waals surface area contributed by atoms with Crippen LogP contribution in [0.15, 0.2) is 6.07 Å². The second kappa shape index (κ2) is 4.55. The average molecular weight is 196 g/mol. The van der Waals surface area contributed by atoms with Crippen LogP contribution in [0.25, 0.3) is 0 Å². The predicted octanol–water partition coefficient (Wildman–Crippen LogP) is 0.834. The predicted molar refractivity (Wildman–Crippen MR) is 49.3 cm³/mol. The molecule has 1 rings (SSSR count). The molecule has 0 bridgehead atoms. The van der Waals surface area contributed by atoms with Crippen molar-refractivity contribution in [1.29, 1.82) is 0 Å². The van der Waals surface area contributed by atoms with Crippen LogP contribution in [0.1, 0.15) is 23.0 Å². The molecule has 1 aromatic rings. The van der Waals surface area contributed by atoms with Gasteiger partial charge in [-0.05, 0) is 12.5 Å². The van der Waals surface area contributed by atoms with E-state index in [1.165, 1.54) is 14.2 Å². The highest BCUT2D eigenvalue weighted by molar-refractivity contribution is 5.87. The Bertz CT molecular complexity index is 339. The maximum Gasteiger partial charge on any atom is 0.358 e. The summed E-state index contributed by atoms with van der Waals surface area (Å²) < 4.78 is 9.51. The summed E-state index contributed by atoms with van der Waals surface area (Å²) in [4.78, 5) is 11.1. The lowest BCUT2D eigenvalue weighted by molar-refractivity contribution is 0.0592. The van der Waals surface area contributed by atoms with E-state index in [9.17, 15) is 4.79 Å². The molecule has 0 saturated heterocycles. The van der Waals surface area contributed by atoms with Crippen molar-refractivity contribution in [2.75, 3.05) is 14.2 Å². The highest BCUT2D eigenvalue weighted by Gasteiger charge is 2.11. The Hall–Kier alpha value is -1.65. The number of methoxy groups -OCH3 is 2. The Balaban J connectivity index is 3.07. The van der Waals surface area contributed by atoms with Crippen LogP contribution in [-0.2, 0) is 11.2 Å². The largest absolute Gasteiger partial charge is 0.480 e. The Morgan fingerprint density at radius 1 is 1.43 bits per heavy atom. The molecule has 0 aliphatic rings. The van der Waals surface area contributed by atoms with E-state index in [-0.39, 0.29) is 5.69 Å². The van der Waals surface area contributed by atoms with Gasteiger partial charge in [-0.3, -0.25) is 0 Å². The first-order chi connectivity index (χ1) is 6.72. The van der Waals surface area contributed by atoms with Gasteiger partial charge in [-0.1, -0.05) is 6.92 Å². The van der Waals surface area contributed by atoms with Crippen LogP contribution in [0, 0.1) is 0 Å². The zero-order valence-corrected chi connectivity index (χ0v) is 8.40. The smallest absolute Gasteiger partial charge is 0.358 e. The number of carbonyl (C=O) groups is 1. The van der Waals surface area contributed by atoms with Gasteiger partial charge >= 0.3 is 5.97 Å². The molecule has 0 N–H and O–H groups in total. The van der Waals surface area contributed by atoms with Gasteiger partial charge in [0.15, 0.2) is 5.69 Å². The van der Waals surface area contributed by atoms with Gasteiger partial charge in [0, 0.05) is 5.56 Å². The average Bonchev–Trinajstić information content (AvgIpc) is 2.26. The molecule has 0 aromatic carbocycles. The van der Waals surface area contributed by atoms with Crippen LogP contribution in [0.4, 0.5) is 0 Å². The van der Waals surface area contributed by atoms with Crippen LogP contribution < -0.4 is 4.74 Å². The molecule has 76 valence electrons. The normalized spacial score (nSPS) is 9.64. The first-order valence-corrected chi connectivity index (χ1v) is 4.21. The van der Waals surface area contributed by atoms with Crippen LogP contribution in [0.3, 0.4) is 0 Å². The summed E-state index contributed by atoms with van der Waals surface area (Å²) >= 11 is 0. The van der Waals surface area contributed by atoms with Gasteiger partial charge in [-0.2, -0.15) is 0 Å². The Kier molecular flexibility index (Phi) is 3.39. The van der Waals surface area contributed by atoms with E-state index >= 15 is 0 Å². The molecule has 0 radical (unpaired) electrons. The minimum absolute atomic E-state index is 0.199. The number of carbonyl (C=O) groups excluding carboxylic acids is 1. The van der Waals surface area contributed by atoms with E-state index in [0.717, 1.165) is 12.0 Å². The first kappa shape index (κ1) is 10.4. The standard InChI is InChI=1S/C9H12N2O3/c1-4-6-5-7(9(12)14-3)10-11-8(6)13-2/h5H,4H2,1-3H3. The van der Waals surface area contributed by atoms with Gasteiger partial charge in [0.25, 0.3) is 0 Å². The molecule has 5 nitrogen and oxygen atoms in total. The third-order valence-electron chi connectivity index (χ3n) is 1.80. The number of aryl methyl sites for hydroxylation is 1. The number of hydrogen-bond acceptors (Lipinski definition) is 5. The van der Waals surface area contributed by atoms with Crippen LogP contribution in [0.2, 0.25) is 0 Å². The summed E-state index contributed by atoms with van der Waals surface area (Å²) in [7, 11) is 2.82. The molecule has 0 aliphatic heterocycles. The van der Waals surface area contributed by atoms with Crippen molar-refractivity contribution in [3.05, 3.63) is 17.3 Å². The molecule has 0 atom stereocenters. The summed E-state index contributed by atoms with van der Waals surface area (Å²) in [6.45, 7) is 1.95. The second-order valence-corrected chi connectivity index (χ2v) is 2.61. The fourth-order valence-electron chi connectivity index (χ4n) is 1.05. The number of rotatable bonds is 3. The zero-order valence-electron chi connectivity index (χ0n) is 8.40. The SMILES string of the molecule is CCc1cc(C(=O)OC)nnc1OC. The molecule has 0 spiro atoms. The number of ether oxygens (including phenoxy) is 2. The first-order valence-electron chi connectivity index (χ1n) is 4.21. The fraction of sp³-hybridized carbons (Fsp3) is 0.444. The van der Waals surface area contributed by atoms with Crippen LogP contribution in [0.5, 0.6) is 5.88 Å². The molecule has 0 saturated carbocycles. The molecular weight excluding hydrogens is 184 g/mol. The molecule has 0 aliphatic carbocycles. The molecule has 14 heavy (non-hydrogen) atoms. The third-order valence-corrected chi connectivity index (χ3v) is 1.80. The second-order valence-electron chi connectivity index (χ2n) is 2.61. The van der Waals surface area contributed by atoms with Gasteiger partial charge in [0.1, 0.15) is 0 Å². The lowest BCUT2D eigenvalue weighted by atomic mass is 10.2. The minimum atomic E-state index is -0.491. The topological polar surface area (TPSA) is 61.3 Å². The molecular formula is C9H12N2O3. The van der Waals surface area contributed by atoms with Crippen LogP contribution >= 0.6 is 0 Å². The van der Waals surface area contributed by atoms with E-state index in [1.807, 2.05) is 6.92 Å².